The zero-order chi connectivity index (χ0) is 13.5. The molecule has 1 aromatic heterocycles. The second-order valence-electron chi connectivity index (χ2n) is 4.14. The normalized spacial score (nSPS) is 10.1. The molecule has 0 unspecified atom stereocenters. The Bertz CT molecular complexity index is 540. The molecule has 0 bridgehead atoms. The molecule has 4 nitrogen and oxygen atoms in total. The van der Waals surface area contributed by atoms with Gasteiger partial charge in [0.2, 0.25) is 0 Å². The molecular weight excluding hydrogens is 242 g/mol. The lowest BCUT2D eigenvalue weighted by Crippen LogP contribution is -2.01. The van der Waals surface area contributed by atoms with Crippen molar-refractivity contribution in [2.45, 2.75) is 12.8 Å². The van der Waals surface area contributed by atoms with Gasteiger partial charge >= 0.3 is 5.97 Å². The number of pyridine rings is 1. The Morgan fingerprint density at radius 1 is 1.21 bits per heavy atom. The fourth-order valence-corrected chi connectivity index (χ4v) is 1.73. The zero-order valence-electron chi connectivity index (χ0n) is 10.5. The first-order valence-electron chi connectivity index (χ1n) is 6.11. The van der Waals surface area contributed by atoms with Gasteiger partial charge in [-0.1, -0.05) is 6.07 Å². The Balaban J connectivity index is 1.80. The predicted octanol–water partition coefficient (Wildman–Crippen LogP) is 2.79. The van der Waals surface area contributed by atoms with Gasteiger partial charge < -0.3 is 9.84 Å². The summed E-state index contributed by atoms with van der Waals surface area (Å²) in [6, 6.07) is 10.5. The lowest BCUT2D eigenvalue weighted by Gasteiger charge is -2.06. The molecule has 0 saturated heterocycles. The number of aromatic carboxylic acids is 1. The maximum atomic E-state index is 10.8. The van der Waals surface area contributed by atoms with Crippen LogP contribution in [0.4, 0.5) is 0 Å². The van der Waals surface area contributed by atoms with Crippen LogP contribution >= 0.6 is 0 Å². The maximum Gasteiger partial charge on any atom is 0.335 e. The number of benzene rings is 1. The van der Waals surface area contributed by atoms with Crippen molar-refractivity contribution in [2.75, 3.05) is 6.61 Å². The molecule has 1 N–H and O–H groups in total. The number of nitrogens with zero attached hydrogens (tertiary/aromatic N) is 1. The fraction of sp³-hybridized carbons (Fsp3) is 0.200. The molecule has 0 radical (unpaired) electrons. The van der Waals surface area contributed by atoms with Crippen LogP contribution in [0, 0.1) is 0 Å². The molecule has 0 saturated carbocycles. The highest BCUT2D eigenvalue weighted by atomic mass is 16.5. The maximum absolute atomic E-state index is 10.8. The summed E-state index contributed by atoms with van der Waals surface area (Å²) in [6.45, 7) is 0.561. The van der Waals surface area contributed by atoms with Crippen LogP contribution in [-0.2, 0) is 6.42 Å². The molecule has 98 valence electrons. The fourth-order valence-electron chi connectivity index (χ4n) is 1.73. The van der Waals surface area contributed by atoms with Crippen LogP contribution < -0.4 is 4.74 Å². The highest BCUT2D eigenvalue weighted by molar-refractivity contribution is 5.87. The summed E-state index contributed by atoms with van der Waals surface area (Å²) >= 11 is 0. The van der Waals surface area contributed by atoms with Crippen LogP contribution in [-0.4, -0.2) is 22.7 Å². The van der Waals surface area contributed by atoms with Crippen LogP contribution in [0.25, 0.3) is 0 Å². The molecule has 4 heteroatoms. The van der Waals surface area contributed by atoms with Gasteiger partial charge in [-0.25, -0.2) is 4.79 Å². The predicted molar refractivity (Wildman–Crippen MR) is 71.5 cm³/mol. The van der Waals surface area contributed by atoms with Gasteiger partial charge in [0.05, 0.1) is 12.2 Å². The molecular formula is C15H15NO3. The van der Waals surface area contributed by atoms with Crippen LogP contribution in [0.2, 0.25) is 0 Å². The molecule has 0 aliphatic rings. The summed E-state index contributed by atoms with van der Waals surface area (Å²) in [5.41, 5.74) is 1.46. The van der Waals surface area contributed by atoms with Gasteiger partial charge in [-0.2, -0.15) is 0 Å². The summed E-state index contributed by atoms with van der Waals surface area (Å²) in [5, 5.41) is 8.87. The molecule has 0 aliphatic heterocycles. The van der Waals surface area contributed by atoms with E-state index in [0.29, 0.717) is 12.4 Å². The number of carboxylic acids is 1. The van der Waals surface area contributed by atoms with E-state index in [1.54, 1.807) is 30.6 Å². The number of rotatable bonds is 6. The molecule has 0 amide bonds. The average molecular weight is 257 g/mol. The minimum absolute atomic E-state index is 0.242. The zero-order valence-corrected chi connectivity index (χ0v) is 10.5. The topological polar surface area (TPSA) is 59.4 Å². The SMILES string of the molecule is O=C(O)c1cccc(OCCCc2ccncc2)c1. The van der Waals surface area contributed by atoms with Gasteiger partial charge in [-0.3, -0.25) is 4.98 Å². The van der Waals surface area contributed by atoms with Gasteiger partial charge in [0, 0.05) is 12.4 Å². The number of carbonyl (C=O) groups is 1. The first-order chi connectivity index (χ1) is 9.25. The lowest BCUT2D eigenvalue weighted by atomic mass is 10.1. The van der Waals surface area contributed by atoms with E-state index in [0.717, 1.165) is 12.8 Å². The molecule has 2 rings (SSSR count). The summed E-state index contributed by atoms with van der Waals surface area (Å²) < 4.78 is 5.54. The van der Waals surface area contributed by atoms with Crippen molar-refractivity contribution in [3.8, 4) is 5.75 Å². The molecule has 2 aromatic rings. The van der Waals surface area contributed by atoms with Crippen molar-refractivity contribution in [1.29, 1.82) is 0 Å². The number of aryl methyl sites for hydroxylation is 1. The van der Waals surface area contributed by atoms with Crippen LogP contribution in [0.3, 0.4) is 0 Å². The summed E-state index contributed by atoms with van der Waals surface area (Å²) in [7, 11) is 0. The molecule has 0 aliphatic carbocycles. The molecule has 1 aromatic carbocycles. The second-order valence-corrected chi connectivity index (χ2v) is 4.14. The number of ether oxygens (including phenoxy) is 1. The highest BCUT2D eigenvalue weighted by Gasteiger charge is 2.03. The summed E-state index contributed by atoms with van der Waals surface area (Å²) in [6.07, 6.45) is 5.33. The van der Waals surface area contributed by atoms with Crippen molar-refractivity contribution < 1.29 is 14.6 Å². The Morgan fingerprint density at radius 2 is 2.00 bits per heavy atom. The van der Waals surface area contributed by atoms with E-state index >= 15 is 0 Å². The van der Waals surface area contributed by atoms with E-state index in [-0.39, 0.29) is 5.56 Å². The Morgan fingerprint density at radius 3 is 2.74 bits per heavy atom. The monoisotopic (exact) mass is 257 g/mol. The summed E-state index contributed by atoms with van der Waals surface area (Å²) in [5.74, 6) is -0.350. The van der Waals surface area contributed by atoms with E-state index in [4.69, 9.17) is 9.84 Å². The Hall–Kier alpha value is -2.36. The van der Waals surface area contributed by atoms with Crippen molar-refractivity contribution in [1.82, 2.24) is 4.98 Å². The van der Waals surface area contributed by atoms with E-state index in [2.05, 4.69) is 4.98 Å². The van der Waals surface area contributed by atoms with E-state index in [1.807, 2.05) is 12.1 Å². The van der Waals surface area contributed by atoms with E-state index in [1.165, 1.54) is 11.6 Å². The highest BCUT2D eigenvalue weighted by Crippen LogP contribution is 2.14. The first-order valence-corrected chi connectivity index (χ1v) is 6.11. The minimum Gasteiger partial charge on any atom is -0.494 e. The van der Waals surface area contributed by atoms with Gasteiger partial charge in [0.1, 0.15) is 5.75 Å². The van der Waals surface area contributed by atoms with E-state index < -0.39 is 5.97 Å². The van der Waals surface area contributed by atoms with Gasteiger partial charge in [0.25, 0.3) is 0 Å². The summed E-state index contributed by atoms with van der Waals surface area (Å²) in [4.78, 5) is 14.8. The second kappa shape index (κ2) is 6.54. The number of aromatic nitrogens is 1. The van der Waals surface area contributed by atoms with Crippen LogP contribution in [0.5, 0.6) is 5.75 Å². The van der Waals surface area contributed by atoms with Crippen molar-refractivity contribution in [2.24, 2.45) is 0 Å². The molecule has 0 spiro atoms. The van der Waals surface area contributed by atoms with Crippen molar-refractivity contribution in [3.05, 3.63) is 59.9 Å². The quantitative estimate of drug-likeness (QED) is 0.808. The third kappa shape index (κ3) is 4.10. The Kier molecular flexibility index (Phi) is 4.50. The van der Waals surface area contributed by atoms with Crippen LogP contribution in [0.1, 0.15) is 22.3 Å². The largest absolute Gasteiger partial charge is 0.494 e. The molecule has 19 heavy (non-hydrogen) atoms. The Labute approximate surface area is 111 Å². The smallest absolute Gasteiger partial charge is 0.335 e. The third-order valence-electron chi connectivity index (χ3n) is 2.71. The number of carboxylic acid groups (broad SMARTS) is 1. The first kappa shape index (κ1) is 13.1. The van der Waals surface area contributed by atoms with Gasteiger partial charge in [-0.05, 0) is 48.7 Å². The minimum atomic E-state index is -0.942. The molecule has 0 atom stereocenters. The van der Waals surface area contributed by atoms with Gasteiger partial charge in [-0.15, -0.1) is 0 Å². The van der Waals surface area contributed by atoms with Crippen LogP contribution in [0.15, 0.2) is 48.8 Å². The third-order valence-corrected chi connectivity index (χ3v) is 2.71. The van der Waals surface area contributed by atoms with Crippen molar-refractivity contribution >= 4 is 5.97 Å². The van der Waals surface area contributed by atoms with Crippen molar-refractivity contribution in [3.63, 3.8) is 0 Å². The molecule has 0 fully saturated rings. The standard InChI is InChI=1S/C15H15NO3/c17-15(18)13-4-1-5-14(11-13)19-10-2-3-12-6-8-16-9-7-12/h1,4-9,11H,2-3,10H2,(H,17,18). The lowest BCUT2D eigenvalue weighted by molar-refractivity contribution is 0.0696. The number of hydrogen-bond donors (Lipinski definition) is 1. The molecule has 1 heterocycles. The van der Waals surface area contributed by atoms with E-state index in [9.17, 15) is 4.79 Å². The number of hydrogen-bond acceptors (Lipinski definition) is 3. The average Bonchev–Trinajstić information content (AvgIpc) is 2.45. The van der Waals surface area contributed by atoms with Gasteiger partial charge in [0.15, 0.2) is 0 Å².